The van der Waals surface area contributed by atoms with E-state index in [0.717, 1.165) is 22.7 Å². The van der Waals surface area contributed by atoms with Crippen molar-refractivity contribution in [2.24, 2.45) is 0 Å². The molecule has 10 aromatic rings. The van der Waals surface area contributed by atoms with Crippen molar-refractivity contribution in [3.05, 3.63) is 242 Å². The lowest BCUT2D eigenvalue weighted by Crippen LogP contribution is -2.16. The van der Waals surface area contributed by atoms with E-state index in [1.54, 1.807) is 0 Å². The zero-order valence-electron chi connectivity index (χ0n) is 34.3. The monoisotopic (exact) mass is 780 g/mol. The standard InChI is InChI=1S/C59H44N2/c1-59(2)54-39-46(57-53-25-15-16-26-56(53)61(47-23-13-6-14-24-47)58(57)45-21-11-5-12-22-45)31-37-51(54)52-38-36-50(40-55(52)59)60(48-32-27-43(28-33-48)41-17-7-3-8-18-41)49-34-29-44(30-35-49)42-19-9-4-10-20-42/h3-40H,1-2H3. The van der Waals surface area contributed by atoms with Gasteiger partial charge in [0.25, 0.3) is 0 Å². The lowest BCUT2D eigenvalue weighted by Gasteiger charge is -2.28. The van der Waals surface area contributed by atoms with Crippen LogP contribution >= 0.6 is 0 Å². The fourth-order valence-corrected chi connectivity index (χ4v) is 9.58. The molecule has 61 heavy (non-hydrogen) atoms. The summed E-state index contributed by atoms with van der Waals surface area (Å²) in [5.41, 5.74) is 20.5. The highest BCUT2D eigenvalue weighted by Gasteiger charge is 2.37. The average molecular weight is 781 g/mol. The Bertz CT molecular complexity index is 3080. The van der Waals surface area contributed by atoms with Gasteiger partial charge < -0.3 is 9.47 Å². The van der Waals surface area contributed by atoms with Gasteiger partial charge in [-0.15, -0.1) is 0 Å². The summed E-state index contributed by atoms with van der Waals surface area (Å²) in [5.74, 6) is 0. The van der Waals surface area contributed by atoms with Crippen molar-refractivity contribution in [1.29, 1.82) is 0 Å². The maximum absolute atomic E-state index is 2.47. The lowest BCUT2D eigenvalue weighted by molar-refractivity contribution is 0.660. The zero-order chi connectivity index (χ0) is 40.9. The number of para-hydroxylation sites is 2. The fraction of sp³-hybridized carbons (Fsp3) is 0.0508. The molecule has 0 spiro atoms. The van der Waals surface area contributed by atoms with Gasteiger partial charge in [-0.1, -0.05) is 184 Å². The van der Waals surface area contributed by atoms with E-state index < -0.39 is 0 Å². The van der Waals surface area contributed by atoms with Crippen LogP contribution in [0.1, 0.15) is 25.0 Å². The van der Waals surface area contributed by atoms with Crippen LogP contribution in [0.5, 0.6) is 0 Å². The van der Waals surface area contributed by atoms with Gasteiger partial charge in [-0.25, -0.2) is 0 Å². The first kappa shape index (κ1) is 36.4. The number of rotatable bonds is 8. The summed E-state index contributed by atoms with van der Waals surface area (Å²) < 4.78 is 2.44. The van der Waals surface area contributed by atoms with Crippen molar-refractivity contribution in [3.8, 4) is 61.5 Å². The maximum Gasteiger partial charge on any atom is 0.0619 e. The molecule has 11 rings (SSSR count). The molecule has 1 aliphatic carbocycles. The Morgan fingerprint density at radius 2 is 0.787 bits per heavy atom. The topological polar surface area (TPSA) is 8.17 Å². The van der Waals surface area contributed by atoms with Crippen LogP contribution in [0.4, 0.5) is 17.1 Å². The van der Waals surface area contributed by atoms with E-state index in [1.165, 1.54) is 77.8 Å². The molecule has 0 unspecified atom stereocenters. The van der Waals surface area contributed by atoms with E-state index in [1.807, 2.05) is 0 Å². The Morgan fingerprint density at radius 1 is 0.361 bits per heavy atom. The van der Waals surface area contributed by atoms with E-state index in [2.05, 4.69) is 254 Å². The molecule has 1 aromatic heterocycles. The first-order valence-corrected chi connectivity index (χ1v) is 21.2. The Kier molecular flexibility index (Phi) is 8.86. The molecule has 1 heterocycles. The van der Waals surface area contributed by atoms with Gasteiger partial charge in [0, 0.05) is 39.1 Å². The van der Waals surface area contributed by atoms with E-state index in [-0.39, 0.29) is 5.41 Å². The molecule has 290 valence electrons. The third-order valence-corrected chi connectivity index (χ3v) is 12.6. The molecule has 0 atom stereocenters. The van der Waals surface area contributed by atoms with Gasteiger partial charge in [0.1, 0.15) is 0 Å². The van der Waals surface area contributed by atoms with Crippen LogP contribution in [0.2, 0.25) is 0 Å². The highest BCUT2D eigenvalue weighted by atomic mass is 15.1. The molecule has 0 saturated carbocycles. The van der Waals surface area contributed by atoms with E-state index in [4.69, 9.17) is 0 Å². The summed E-state index contributed by atoms with van der Waals surface area (Å²) >= 11 is 0. The van der Waals surface area contributed by atoms with Crippen molar-refractivity contribution in [3.63, 3.8) is 0 Å². The summed E-state index contributed by atoms with van der Waals surface area (Å²) in [6, 6.07) is 83.9. The fourth-order valence-electron chi connectivity index (χ4n) is 9.58. The molecular weight excluding hydrogens is 737 g/mol. The number of hydrogen-bond acceptors (Lipinski definition) is 1. The highest BCUT2D eigenvalue weighted by Crippen LogP contribution is 2.53. The minimum Gasteiger partial charge on any atom is -0.310 e. The normalized spacial score (nSPS) is 12.6. The molecule has 0 saturated heterocycles. The quantitative estimate of drug-likeness (QED) is 0.149. The van der Waals surface area contributed by atoms with Gasteiger partial charge in [0.2, 0.25) is 0 Å². The molecule has 0 radical (unpaired) electrons. The highest BCUT2D eigenvalue weighted by molar-refractivity contribution is 6.06. The first-order valence-electron chi connectivity index (χ1n) is 21.2. The van der Waals surface area contributed by atoms with Crippen LogP contribution in [0, 0.1) is 0 Å². The Morgan fingerprint density at radius 3 is 1.36 bits per heavy atom. The summed E-state index contributed by atoms with van der Waals surface area (Å²) in [4.78, 5) is 2.40. The van der Waals surface area contributed by atoms with Gasteiger partial charge in [0.05, 0.1) is 11.2 Å². The van der Waals surface area contributed by atoms with E-state index in [0.29, 0.717) is 0 Å². The molecular formula is C59H44N2. The smallest absolute Gasteiger partial charge is 0.0619 e. The number of nitrogens with zero attached hydrogens (tertiary/aromatic N) is 2. The second-order valence-corrected chi connectivity index (χ2v) is 16.6. The molecule has 0 fully saturated rings. The predicted octanol–water partition coefficient (Wildman–Crippen LogP) is 16.1. The zero-order valence-corrected chi connectivity index (χ0v) is 34.3. The third-order valence-electron chi connectivity index (χ3n) is 12.6. The van der Waals surface area contributed by atoms with Crippen LogP contribution in [0.3, 0.4) is 0 Å². The van der Waals surface area contributed by atoms with Crippen molar-refractivity contribution in [2.75, 3.05) is 4.90 Å². The van der Waals surface area contributed by atoms with Crippen molar-refractivity contribution < 1.29 is 0 Å². The number of anilines is 3. The number of benzene rings is 9. The van der Waals surface area contributed by atoms with E-state index >= 15 is 0 Å². The summed E-state index contributed by atoms with van der Waals surface area (Å²) in [6.45, 7) is 4.79. The minimum absolute atomic E-state index is 0.249. The first-order chi connectivity index (χ1) is 30.0. The second-order valence-electron chi connectivity index (χ2n) is 16.6. The van der Waals surface area contributed by atoms with Crippen LogP contribution in [-0.4, -0.2) is 4.57 Å². The predicted molar refractivity (Wildman–Crippen MR) is 257 cm³/mol. The SMILES string of the molecule is CC1(C)c2cc(-c3c(-c4ccccc4)n(-c4ccccc4)c4ccccc34)ccc2-c2ccc(N(c3ccc(-c4ccccc4)cc3)c3ccc(-c4ccccc4)cc3)cc21. The van der Waals surface area contributed by atoms with Gasteiger partial charge >= 0.3 is 0 Å². The van der Waals surface area contributed by atoms with Crippen LogP contribution in [-0.2, 0) is 5.41 Å². The van der Waals surface area contributed by atoms with E-state index in [9.17, 15) is 0 Å². The molecule has 0 bridgehead atoms. The van der Waals surface area contributed by atoms with Gasteiger partial charge in [0.15, 0.2) is 0 Å². The van der Waals surface area contributed by atoms with Gasteiger partial charge in [-0.05, 0) is 116 Å². The number of aromatic nitrogens is 1. The Hall–Kier alpha value is -7.68. The molecule has 2 nitrogen and oxygen atoms in total. The molecule has 0 amide bonds. The largest absolute Gasteiger partial charge is 0.310 e. The molecule has 0 N–H and O–H groups in total. The average Bonchev–Trinajstić information content (AvgIpc) is 3.79. The molecule has 1 aliphatic rings. The van der Waals surface area contributed by atoms with Crippen molar-refractivity contribution >= 4 is 28.0 Å². The summed E-state index contributed by atoms with van der Waals surface area (Å²) in [6.07, 6.45) is 0. The summed E-state index contributed by atoms with van der Waals surface area (Å²) in [5, 5.41) is 1.24. The molecule has 2 heteroatoms. The van der Waals surface area contributed by atoms with Crippen molar-refractivity contribution in [2.45, 2.75) is 19.3 Å². The van der Waals surface area contributed by atoms with Crippen LogP contribution < -0.4 is 4.90 Å². The third kappa shape index (κ3) is 6.27. The minimum atomic E-state index is -0.249. The van der Waals surface area contributed by atoms with Crippen LogP contribution in [0.25, 0.3) is 72.4 Å². The Labute approximate surface area is 358 Å². The maximum atomic E-state index is 2.47. The Balaban J connectivity index is 1.03. The van der Waals surface area contributed by atoms with Gasteiger partial charge in [-0.3, -0.25) is 0 Å². The summed E-state index contributed by atoms with van der Waals surface area (Å²) in [7, 11) is 0. The molecule has 0 aliphatic heterocycles. The number of fused-ring (bicyclic) bond motifs is 4. The second kappa shape index (κ2) is 14.9. The van der Waals surface area contributed by atoms with Crippen molar-refractivity contribution in [1.82, 2.24) is 4.57 Å². The molecule has 9 aromatic carbocycles. The van der Waals surface area contributed by atoms with Crippen LogP contribution in [0.15, 0.2) is 231 Å². The lowest BCUT2D eigenvalue weighted by atomic mass is 9.81. The number of hydrogen-bond donors (Lipinski definition) is 0. The van der Waals surface area contributed by atoms with Gasteiger partial charge in [-0.2, -0.15) is 0 Å².